The zero-order chi connectivity index (χ0) is 64.7. The fraction of sp³-hybridized carbons (Fsp3) is 0.284. The van der Waals surface area contributed by atoms with E-state index in [1.54, 1.807) is 61.4 Å². The molecule has 0 unspecified atom stereocenters. The molecule has 0 saturated carbocycles. The second kappa shape index (κ2) is 27.5. The van der Waals surface area contributed by atoms with E-state index >= 15 is 0 Å². The predicted octanol–water partition coefficient (Wildman–Crippen LogP) is 8.51. The van der Waals surface area contributed by atoms with Crippen molar-refractivity contribution in [3.05, 3.63) is 145 Å². The molecule has 11 rings (SSSR count). The number of esters is 7. The van der Waals surface area contributed by atoms with Gasteiger partial charge in [-0.25, -0.2) is 9.97 Å². The normalized spacial score (nSPS) is 21.5. The van der Waals surface area contributed by atoms with Gasteiger partial charge in [0, 0.05) is 130 Å². The van der Waals surface area contributed by atoms with Crippen molar-refractivity contribution < 1.29 is 85.7 Å². The van der Waals surface area contributed by atoms with Gasteiger partial charge in [0.2, 0.25) is 12.4 Å². The summed E-state index contributed by atoms with van der Waals surface area (Å²) in [6.07, 6.45) is 1.63. The smallest absolute Gasteiger partial charge is 0.303 e. The summed E-state index contributed by atoms with van der Waals surface area (Å²) in [7, 11) is 0. The van der Waals surface area contributed by atoms with E-state index in [9.17, 15) is 33.6 Å². The molecular formula is C67H61N7O18. The third kappa shape index (κ3) is 14.1. The van der Waals surface area contributed by atoms with Crippen LogP contribution in [0.2, 0.25) is 0 Å². The Morgan fingerprint density at radius 1 is 0.370 bits per heavy atom. The topological polar surface area (TPSA) is 317 Å². The zero-order valence-electron chi connectivity index (χ0n) is 50.6. The third-order valence-electron chi connectivity index (χ3n) is 14.9. The van der Waals surface area contributed by atoms with Gasteiger partial charge in [0.05, 0.1) is 22.8 Å². The van der Waals surface area contributed by atoms with Gasteiger partial charge in [-0.15, -0.1) is 0 Å². The second-order valence-corrected chi connectivity index (χ2v) is 21.5. The number of carbonyl (C=O) groups is 7. The lowest BCUT2D eigenvalue weighted by molar-refractivity contribution is -0.354. The maximum Gasteiger partial charge on any atom is 0.303 e. The Morgan fingerprint density at radius 2 is 0.685 bits per heavy atom. The lowest BCUT2D eigenvalue weighted by atomic mass is 9.96. The number of aromatic nitrogens is 7. The summed E-state index contributed by atoms with van der Waals surface area (Å²) in [5.74, 6) is -5.95. The summed E-state index contributed by atoms with van der Waals surface area (Å²) < 4.78 is 65.2. The lowest BCUT2D eigenvalue weighted by Gasteiger charge is -2.48. The van der Waals surface area contributed by atoms with Crippen LogP contribution in [0.25, 0.3) is 90.9 Å². The van der Waals surface area contributed by atoms with Gasteiger partial charge in [-0.1, -0.05) is 12.1 Å². The van der Waals surface area contributed by atoms with Crippen molar-refractivity contribution in [3.63, 3.8) is 0 Å². The van der Waals surface area contributed by atoms with Gasteiger partial charge in [-0.05, 0) is 119 Å². The molecule has 7 aromatic rings. The number of pyridine rings is 3. The Morgan fingerprint density at radius 3 is 1.05 bits per heavy atom. The minimum Gasteiger partial charge on any atom is -0.463 e. The first kappa shape index (κ1) is 62.8. The molecule has 4 aliphatic rings. The fourth-order valence-electron chi connectivity index (χ4n) is 11.4. The quantitative estimate of drug-likeness (QED) is 0.0637. The van der Waals surface area contributed by atoms with Crippen molar-refractivity contribution >= 4 is 88.2 Å². The number of fused-ring (bicyclic) bond motifs is 8. The van der Waals surface area contributed by atoms with E-state index in [1.807, 2.05) is 85.0 Å². The molecule has 8 bridgehead atoms. The SMILES string of the molecule is CC(=O)OC[C@H]1O[C@@H](O[C@H]2[C@H](OC(C)=O)[C@@H](OC(C)=O)[C@H](Oc3ccc(-c4c5nc(c(-c6ccncc6)c6ccc([nH]6)c(-c6ccncc6)c6nc(c(-c7ccncc7)c7ccc4[nH]7)C=C6)C=C5)cc3)O[C@@H]2COC(C)=O)[C@H](OC(C)=O)[C@@H](OC(C)=O)[C@H]1OC(C)=O. The van der Waals surface area contributed by atoms with E-state index in [2.05, 4.69) is 24.9 Å². The number of nitrogens with zero attached hydrogens (tertiary/aromatic N) is 5. The van der Waals surface area contributed by atoms with Crippen LogP contribution in [0.3, 0.4) is 0 Å². The van der Waals surface area contributed by atoms with Crippen LogP contribution in [0.15, 0.2) is 122 Å². The third-order valence-corrected chi connectivity index (χ3v) is 14.9. The van der Waals surface area contributed by atoms with Crippen LogP contribution < -0.4 is 4.74 Å². The molecule has 2 fully saturated rings. The molecular weight excluding hydrogens is 1190 g/mol. The number of rotatable bonds is 17. The first-order chi connectivity index (χ1) is 44.3. The Hall–Kier alpha value is -10.8. The minimum atomic E-state index is -1.88. The maximum atomic E-state index is 13.2. The Balaban J connectivity index is 1.02. The lowest BCUT2D eigenvalue weighted by Crippen LogP contribution is -2.67. The Labute approximate surface area is 525 Å². The predicted molar refractivity (Wildman–Crippen MR) is 328 cm³/mol. The van der Waals surface area contributed by atoms with Crippen LogP contribution in [-0.2, 0) is 80.9 Å². The van der Waals surface area contributed by atoms with E-state index in [1.165, 1.54) is 0 Å². The maximum absolute atomic E-state index is 13.2. The van der Waals surface area contributed by atoms with Gasteiger partial charge in [-0.2, -0.15) is 0 Å². The molecule has 10 atom stereocenters. The second-order valence-electron chi connectivity index (χ2n) is 21.5. The Kier molecular flexibility index (Phi) is 18.8. The Bertz CT molecular complexity index is 4160. The first-order valence-electron chi connectivity index (χ1n) is 29.1. The van der Waals surface area contributed by atoms with Crippen molar-refractivity contribution in [2.75, 3.05) is 13.2 Å². The summed E-state index contributed by atoms with van der Waals surface area (Å²) in [5, 5.41) is 0. The van der Waals surface area contributed by atoms with E-state index in [0.717, 1.165) is 104 Å². The average Bonchev–Trinajstić information content (AvgIpc) is 1.05. The summed E-state index contributed by atoms with van der Waals surface area (Å²) in [6.45, 7) is 6.30. The van der Waals surface area contributed by atoms with Crippen molar-refractivity contribution in [2.45, 2.75) is 110 Å². The molecule has 1 aromatic carbocycles. The van der Waals surface area contributed by atoms with E-state index in [-0.39, 0.29) is 5.75 Å². The van der Waals surface area contributed by atoms with Crippen LogP contribution in [0.5, 0.6) is 5.75 Å². The van der Waals surface area contributed by atoms with Crippen molar-refractivity contribution in [1.29, 1.82) is 0 Å². The summed E-state index contributed by atoms with van der Waals surface area (Å²) in [5.41, 5.74) is 12.0. The van der Waals surface area contributed by atoms with Gasteiger partial charge >= 0.3 is 41.8 Å². The number of nitrogens with one attached hydrogen (secondary N) is 2. The molecule has 6 aromatic heterocycles. The number of H-pyrrole nitrogens is 2. The van der Waals surface area contributed by atoms with Crippen LogP contribution >= 0.6 is 0 Å². The molecule has 92 heavy (non-hydrogen) atoms. The standard InChI is InChI=1S/C67H61N7O18/c1-34(75)82-32-54-60(84-36(3)77)62(85-37(4)78)65(88-40(7)81)67(91-54)92-61-55(33-83-35(2)76)90-66(64(87-39(6)80)63(61)86-38(5)79)89-45-10-8-41(9-11-45)56-46-12-14-48(71-46)57(42-20-26-68-27-21-42)50-16-18-52(73-50)59(44-24-30-70-31-25-44)53-19-17-51(74-53)58(43-22-28-69-29-23-43)49-15-13-47(56)72-49/h8-31,54-55,60-67,71,74H,32-33H2,1-7H3/t54-,55-,60+,61-,62+,63+,64-,65-,66-,67+/m1/s1. The van der Waals surface area contributed by atoms with Gasteiger partial charge in [0.25, 0.3) is 0 Å². The monoisotopic (exact) mass is 1250 g/mol. The van der Waals surface area contributed by atoms with E-state index in [4.69, 9.17) is 62.1 Å². The van der Waals surface area contributed by atoms with Crippen molar-refractivity contribution in [2.24, 2.45) is 0 Å². The molecule has 4 aliphatic heterocycles. The summed E-state index contributed by atoms with van der Waals surface area (Å²) >= 11 is 0. The van der Waals surface area contributed by atoms with Gasteiger partial charge in [0.1, 0.15) is 37.3 Å². The molecule has 2 N–H and O–H groups in total. The summed E-state index contributed by atoms with van der Waals surface area (Å²) in [4.78, 5) is 120. The highest BCUT2D eigenvalue weighted by atomic mass is 16.8. The van der Waals surface area contributed by atoms with E-state index in [0.29, 0.717) is 33.7 Å². The van der Waals surface area contributed by atoms with Crippen LogP contribution in [-0.4, -0.2) is 151 Å². The largest absolute Gasteiger partial charge is 0.463 e. The van der Waals surface area contributed by atoms with Crippen LogP contribution in [0.1, 0.15) is 71.2 Å². The molecule has 2 saturated heterocycles. The molecule has 0 radical (unpaired) electrons. The average molecular weight is 1250 g/mol. The van der Waals surface area contributed by atoms with Gasteiger partial charge in [0.15, 0.2) is 30.7 Å². The fourth-order valence-corrected chi connectivity index (χ4v) is 11.4. The van der Waals surface area contributed by atoms with Gasteiger partial charge in [-0.3, -0.25) is 48.5 Å². The first-order valence-corrected chi connectivity index (χ1v) is 29.1. The number of hydrogen-bond acceptors (Lipinski definition) is 23. The number of hydrogen-bond donors (Lipinski definition) is 2. The van der Waals surface area contributed by atoms with Gasteiger partial charge < -0.3 is 62.1 Å². The van der Waals surface area contributed by atoms with Crippen LogP contribution in [0.4, 0.5) is 0 Å². The highest BCUT2D eigenvalue weighted by Crippen LogP contribution is 2.41. The van der Waals surface area contributed by atoms with Crippen molar-refractivity contribution in [3.8, 4) is 50.3 Å². The van der Waals surface area contributed by atoms with Crippen LogP contribution in [0, 0.1) is 0 Å². The number of benzene rings is 1. The highest BCUT2D eigenvalue weighted by Gasteiger charge is 2.58. The number of carbonyl (C=O) groups excluding carboxylic acids is 7. The molecule has 25 heteroatoms. The number of ether oxygens (including phenoxy) is 11. The highest BCUT2D eigenvalue weighted by molar-refractivity contribution is 6.00. The molecule has 10 heterocycles. The molecule has 25 nitrogen and oxygen atoms in total. The minimum absolute atomic E-state index is 0.144. The molecule has 0 spiro atoms. The van der Waals surface area contributed by atoms with Crippen molar-refractivity contribution in [1.82, 2.24) is 34.9 Å². The number of aromatic amines is 2. The molecule has 472 valence electrons. The summed E-state index contributed by atoms with van der Waals surface area (Å²) in [6, 6.07) is 26.4. The molecule has 0 amide bonds. The molecule has 0 aliphatic carbocycles. The van der Waals surface area contributed by atoms with E-state index < -0.39 is 116 Å². The zero-order valence-corrected chi connectivity index (χ0v) is 50.6.